The third-order valence-electron chi connectivity index (χ3n) is 4.16. The molecule has 0 radical (unpaired) electrons. The molecule has 0 aliphatic heterocycles. The van der Waals surface area contributed by atoms with E-state index in [1.54, 1.807) is 6.92 Å². The van der Waals surface area contributed by atoms with Crippen LogP contribution in [0.1, 0.15) is 41.3 Å². The van der Waals surface area contributed by atoms with Crippen molar-refractivity contribution in [3.05, 3.63) is 43.8 Å². The van der Waals surface area contributed by atoms with Gasteiger partial charge in [0.15, 0.2) is 0 Å². The number of nitrogens with zero attached hydrogens (tertiary/aromatic N) is 3. The van der Waals surface area contributed by atoms with Crippen molar-refractivity contribution in [1.29, 1.82) is 5.26 Å². The van der Waals surface area contributed by atoms with Gasteiger partial charge in [-0.1, -0.05) is 5.75 Å². The molecule has 0 fully saturated rings. The van der Waals surface area contributed by atoms with Crippen LogP contribution in [0.5, 0.6) is 11.5 Å². The number of nitro benzene ring substituents is 1. The van der Waals surface area contributed by atoms with Gasteiger partial charge in [0, 0.05) is 17.2 Å². The first-order valence-electron chi connectivity index (χ1n) is 8.26. The smallest absolute Gasteiger partial charge is 0.273 e. The summed E-state index contributed by atoms with van der Waals surface area (Å²) >= 11 is 1.45. The van der Waals surface area contributed by atoms with Crippen molar-refractivity contribution in [3.8, 4) is 17.6 Å². The Hall–Kier alpha value is -2.92. The van der Waals surface area contributed by atoms with E-state index >= 15 is 0 Å². The summed E-state index contributed by atoms with van der Waals surface area (Å²) in [6.45, 7) is 1.92. The molecule has 1 aliphatic carbocycles. The Morgan fingerprint density at radius 1 is 1.42 bits per heavy atom. The second kappa shape index (κ2) is 7.54. The second-order valence-electron chi connectivity index (χ2n) is 5.81. The Balaban J connectivity index is 2.02. The van der Waals surface area contributed by atoms with Crippen molar-refractivity contribution in [2.45, 2.75) is 32.6 Å². The number of thiophene rings is 1. The maximum Gasteiger partial charge on any atom is 0.273 e. The minimum Gasteiger partial charge on any atom is -0.870 e. The van der Waals surface area contributed by atoms with Gasteiger partial charge in [0.2, 0.25) is 0 Å². The van der Waals surface area contributed by atoms with Gasteiger partial charge < -0.3 is 9.84 Å². The fourth-order valence-electron chi connectivity index (χ4n) is 2.96. The summed E-state index contributed by atoms with van der Waals surface area (Å²) in [4.78, 5) is 16.0. The monoisotopic (exact) mass is 370 g/mol. The number of ether oxygens (including phenoxy) is 1. The molecule has 1 heterocycles. The lowest BCUT2D eigenvalue weighted by molar-refractivity contribution is -0.385. The molecule has 0 atom stereocenters. The van der Waals surface area contributed by atoms with Gasteiger partial charge in [0.1, 0.15) is 16.8 Å². The van der Waals surface area contributed by atoms with Gasteiger partial charge in [-0.2, -0.15) is 5.26 Å². The first-order chi connectivity index (χ1) is 12.5. The van der Waals surface area contributed by atoms with E-state index in [-0.39, 0.29) is 23.6 Å². The molecule has 1 aromatic heterocycles. The largest absolute Gasteiger partial charge is 0.870 e. The molecule has 0 saturated carbocycles. The van der Waals surface area contributed by atoms with Crippen LogP contribution in [0, 0.1) is 21.4 Å². The second-order valence-corrected chi connectivity index (χ2v) is 6.90. The zero-order valence-electron chi connectivity index (χ0n) is 14.2. The summed E-state index contributed by atoms with van der Waals surface area (Å²) < 4.78 is 5.20. The lowest BCUT2D eigenvalue weighted by Crippen LogP contribution is -2.04. The third kappa shape index (κ3) is 3.39. The molecule has 0 bridgehead atoms. The zero-order chi connectivity index (χ0) is 18.7. The number of fused-ring (bicyclic) bond motifs is 1. The van der Waals surface area contributed by atoms with Crippen molar-refractivity contribution in [3.63, 3.8) is 0 Å². The third-order valence-corrected chi connectivity index (χ3v) is 5.36. The van der Waals surface area contributed by atoms with E-state index in [9.17, 15) is 20.5 Å². The molecule has 1 aromatic carbocycles. The summed E-state index contributed by atoms with van der Waals surface area (Å²) in [5.41, 5.74) is 1.43. The van der Waals surface area contributed by atoms with E-state index in [1.165, 1.54) is 23.6 Å². The molecule has 0 spiro atoms. The van der Waals surface area contributed by atoms with Crippen molar-refractivity contribution in [1.82, 2.24) is 0 Å². The summed E-state index contributed by atoms with van der Waals surface area (Å²) in [5, 5.41) is 33.5. The van der Waals surface area contributed by atoms with E-state index < -0.39 is 10.7 Å². The van der Waals surface area contributed by atoms with Crippen LogP contribution in [0.3, 0.4) is 0 Å². The molecule has 3 rings (SSSR count). The predicted octanol–water partition coefficient (Wildman–Crippen LogP) is 3.63. The fraction of sp³-hybridized carbons (Fsp3) is 0.333. The summed E-state index contributed by atoms with van der Waals surface area (Å²) in [6.07, 6.45) is 5.23. The molecule has 0 unspecified atom stereocenters. The van der Waals surface area contributed by atoms with Crippen LogP contribution in [-0.2, 0) is 12.8 Å². The Morgan fingerprint density at radius 2 is 2.19 bits per heavy atom. The Morgan fingerprint density at radius 3 is 2.88 bits per heavy atom. The molecule has 1 aliphatic rings. The highest BCUT2D eigenvalue weighted by Gasteiger charge is 2.20. The molecule has 7 nitrogen and oxygen atoms in total. The average Bonchev–Trinajstić information content (AvgIpc) is 2.99. The number of nitro groups is 1. The molecule has 26 heavy (non-hydrogen) atoms. The molecular weight excluding hydrogens is 354 g/mol. The molecular formula is C18H16N3O4S-. The molecule has 0 N–H and O–H groups in total. The van der Waals surface area contributed by atoms with E-state index in [1.807, 2.05) is 0 Å². The zero-order valence-corrected chi connectivity index (χ0v) is 15.0. The van der Waals surface area contributed by atoms with Gasteiger partial charge in [0.05, 0.1) is 23.2 Å². The quantitative estimate of drug-likeness (QED) is 0.453. The number of aryl methyl sites for hydroxylation is 1. The van der Waals surface area contributed by atoms with E-state index in [4.69, 9.17) is 4.74 Å². The lowest BCUT2D eigenvalue weighted by atomic mass is 9.96. The SMILES string of the molecule is CCOc1cc([N+](=O)[O-])cc(C=Nc2sc3c(c2C#N)CCCC3)c1[O-]. The van der Waals surface area contributed by atoms with Crippen LogP contribution in [0.15, 0.2) is 17.1 Å². The first kappa shape index (κ1) is 17.9. The van der Waals surface area contributed by atoms with Crippen LogP contribution in [0.4, 0.5) is 10.7 Å². The first-order valence-corrected chi connectivity index (χ1v) is 9.07. The van der Waals surface area contributed by atoms with Gasteiger partial charge in [-0.3, -0.25) is 10.1 Å². The summed E-state index contributed by atoms with van der Waals surface area (Å²) in [6, 6.07) is 4.49. The lowest BCUT2D eigenvalue weighted by Gasteiger charge is -2.16. The number of non-ortho nitro benzene ring substituents is 1. The van der Waals surface area contributed by atoms with E-state index in [0.29, 0.717) is 10.6 Å². The van der Waals surface area contributed by atoms with Gasteiger partial charge in [0.25, 0.3) is 5.69 Å². The maximum atomic E-state index is 12.4. The van der Waals surface area contributed by atoms with Crippen molar-refractivity contribution >= 4 is 28.2 Å². The minimum atomic E-state index is -0.580. The Labute approximate surface area is 154 Å². The topological polar surface area (TPSA) is 112 Å². The highest BCUT2D eigenvalue weighted by atomic mass is 32.1. The molecule has 2 aromatic rings. The number of benzene rings is 1. The molecule has 134 valence electrons. The number of rotatable bonds is 5. The van der Waals surface area contributed by atoms with Gasteiger partial charge in [-0.25, -0.2) is 4.99 Å². The van der Waals surface area contributed by atoms with Gasteiger partial charge in [-0.15, -0.1) is 11.3 Å². The van der Waals surface area contributed by atoms with E-state index in [0.717, 1.165) is 42.2 Å². The standard InChI is InChI=1S/C18H17N3O4S/c1-2-25-15-8-12(21(23)24)7-11(17(15)22)10-20-18-14(9-19)13-5-3-4-6-16(13)26-18/h7-8,10,22H,2-6H2,1H3/p-1. The fourth-order valence-corrected chi connectivity index (χ4v) is 4.14. The molecule has 0 saturated heterocycles. The van der Waals surface area contributed by atoms with Gasteiger partial charge in [-0.05, 0) is 43.7 Å². The van der Waals surface area contributed by atoms with Gasteiger partial charge >= 0.3 is 0 Å². The van der Waals surface area contributed by atoms with Crippen LogP contribution in [-0.4, -0.2) is 17.7 Å². The molecule has 0 amide bonds. The van der Waals surface area contributed by atoms with Crippen molar-refractivity contribution < 1.29 is 14.8 Å². The van der Waals surface area contributed by atoms with Crippen LogP contribution < -0.4 is 9.84 Å². The maximum absolute atomic E-state index is 12.4. The van der Waals surface area contributed by atoms with E-state index in [2.05, 4.69) is 11.1 Å². The highest BCUT2D eigenvalue weighted by Crippen LogP contribution is 2.39. The van der Waals surface area contributed by atoms with Crippen LogP contribution in [0.2, 0.25) is 0 Å². The van der Waals surface area contributed by atoms with Crippen molar-refractivity contribution in [2.24, 2.45) is 4.99 Å². The number of hydrogen-bond donors (Lipinski definition) is 0. The predicted molar refractivity (Wildman–Crippen MR) is 96.6 cm³/mol. The number of aliphatic imine (C=N–C) groups is 1. The molecule has 8 heteroatoms. The summed E-state index contributed by atoms with van der Waals surface area (Å²) in [5.74, 6) is -0.532. The van der Waals surface area contributed by atoms with Crippen molar-refractivity contribution in [2.75, 3.05) is 6.61 Å². The minimum absolute atomic E-state index is 0.0675. The Bertz CT molecular complexity index is 927. The Kier molecular flexibility index (Phi) is 5.19. The number of nitriles is 1. The highest BCUT2D eigenvalue weighted by molar-refractivity contribution is 7.16. The van der Waals surface area contributed by atoms with Crippen LogP contribution in [0.25, 0.3) is 0 Å². The summed E-state index contributed by atoms with van der Waals surface area (Å²) in [7, 11) is 0. The average molecular weight is 370 g/mol. The van der Waals surface area contributed by atoms with Crippen LogP contribution >= 0.6 is 11.3 Å². The number of hydrogen-bond acceptors (Lipinski definition) is 7. The normalized spacial score (nSPS) is 13.4.